The molecule has 8 heteroatoms. The summed E-state index contributed by atoms with van der Waals surface area (Å²) in [6.45, 7) is 2.35. The van der Waals surface area contributed by atoms with E-state index >= 15 is 0 Å². The fraction of sp³-hybridized carbons (Fsp3) is 0.273. The van der Waals surface area contributed by atoms with Gasteiger partial charge in [0.2, 0.25) is 5.91 Å². The number of fused-ring (bicyclic) bond motifs is 1. The van der Waals surface area contributed by atoms with Crippen LogP contribution in [0.15, 0.2) is 52.4 Å². The first-order chi connectivity index (χ1) is 14.4. The zero-order valence-corrected chi connectivity index (χ0v) is 18.4. The molecule has 3 aromatic rings. The van der Waals surface area contributed by atoms with Crippen molar-refractivity contribution < 1.29 is 17.9 Å². The Balaban J connectivity index is 1.84. The Morgan fingerprint density at radius 3 is 2.60 bits per heavy atom. The van der Waals surface area contributed by atoms with E-state index in [9.17, 15) is 13.2 Å². The van der Waals surface area contributed by atoms with E-state index in [1.54, 1.807) is 16.7 Å². The molecule has 0 atom stereocenters. The lowest BCUT2D eigenvalue weighted by Crippen LogP contribution is -2.18. The lowest BCUT2D eigenvalue weighted by atomic mass is 10.2. The second kappa shape index (κ2) is 9.28. The molecule has 0 fully saturated rings. The molecule has 30 heavy (non-hydrogen) atoms. The van der Waals surface area contributed by atoms with Crippen LogP contribution in [-0.4, -0.2) is 31.8 Å². The average molecular weight is 443 g/mol. The van der Waals surface area contributed by atoms with E-state index in [1.165, 1.54) is 36.1 Å². The Bertz CT molecular complexity index is 1280. The quantitative estimate of drug-likeness (QED) is 0.527. The van der Waals surface area contributed by atoms with Crippen molar-refractivity contribution in [3.05, 3.63) is 52.8 Å². The maximum Gasteiger partial charge on any atom is 0.249 e. The van der Waals surface area contributed by atoms with E-state index in [-0.39, 0.29) is 23.6 Å². The van der Waals surface area contributed by atoms with Gasteiger partial charge in [-0.1, -0.05) is 30.2 Å². The number of amides is 1. The van der Waals surface area contributed by atoms with Gasteiger partial charge in [0.05, 0.1) is 34.5 Å². The van der Waals surface area contributed by atoms with Crippen molar-refractivity contribution in [3.63, 3.8) is 0 Å². The van der Waals surface area contributed by atoms with Crippen LogP contribution in [0, 0.1) is 12.3 Å². The first-order valence-corrected chi connectivity index (χ1v) is 11.8. The topological polar surface area (TPSA) is 77.7 Å². The number of carbonyl (C=O) groups excluding carboxylic acids is 1. The van der Waals surface area contributed by atoms with Gasteiger partial charge in [0, 0.05) is 6.42 Å². The first-order valence-electron chi connectivity index (χ1n) is 9.38. The third kappa shape index (κ3) is 4.81. The molecule has 2 aromatic carbocycles. The standard InChI is InChI=1S/C22H22N2O4S2/c1-4-13-24-19-11-6-16(5-2)15-20(19)29-22(24)23-21(25)12-14-30(26,27)18-9-7-17(28-3)8-10-18/h1,6-11,15H,5,12-14H2,2-3H3. The van der Waals surface area contributed by atoms with Crippen molar-refractivity contribution in [2.45, 2.75) is 31.2 Å². The highest BCUT2D eigenvalue weighted by Crippen LogP contribution is 2.20. The molecule has 0 aliphatic carbocycles. The van der Waals surface area contributed by atoms with Crippen LogP contribution >= 0.6 is 11.3 Å². The molecule has 1 aromatic heterocycles. The highest BCUT2D eigenvalue weighted by atomic mass is 32.2. The highest BCUT2D eigenvalue weighted by Gasteiger charge is 2.17. The molecule has 0 saturated carbocycles. The van der Waals surface area contributed by atoms with Gasteiger partial charge in [0.25, 0.3) is 0 Å². The molecule has 0 radical (unpaired) electrons. The number of rotatable bonds is 7. The minimum Gasteiger partial charge on any atom is -0.497 e. The molecule has 3 rings (SSSR count). The summed E-state index contributed by atoms with van der Waals surface area (Å²) < 4.78 is 32.8. The Hall–Kier alpha value is -2.89. The van der Waals surface area contributed by atoms with Crippen molar-refractivity contribution in [1.82, 2.24) is 4.57 Å². The van der Waals surface area contributed by atoms with Crippen LogP contribution in [0.3, 0.4) is 0 Å². The number of ether oxygens (including phenoxy) is 1. The number of carbonyl (C=O) groups is 1. The summed E-state index contributed by atoms with van der Waals surface area (Å²) in [7, 11) is -2.09. The summed E-state index contributed by atoms with van der Waals surface area (Å²) in [5.74, 6) is 2.33. The second-order valence-corrected chi connectivity index (χ2v) is 9.70. The largest absolute Gasteiger partial charge is 0.497 e. The Morgan fingerprint density at radius 2 is 1.97 bits per heavy atom. The van der Waals surface area contributed by atoms with Crippen LogP contribution in [0.4, 0.5) is 0 Å². The number of benzene rings is 2. The predicted molar refractivity (Wildman–Crippen MR) is 118 cm³/mol. The lowest BCUT2D eigenvalue weighted by molar-refractivity contribution is -0.117. The SMILES string of the molecule is C#CCn1c(=NC(=O)CCS(=O)(=O)c2ccc(OC)cc2)sc2cc(CC)ccc21. The fourth-order valence-electron chi connectivity index (χ4n) is 2.95. The Labute approximate surface area is 179 Å². The normalized spacial score (nSPS) is 12.1. The van der Waals surface area contributed by atoms with Gasteiger partial charge in [-0.25, -0.2) is 8.42 Å². The van der Waals surface area contributed by atoms with Gasteiger partial charge in [-0.05, 0) is 48.4 Å². The van der Waals surface area contributed by atoms with E-state index in [0.717, 1.165) is 16.6 Å². The first kappa shape index (κ1) is 21.8. The molecule has 0 unspecified atom stereocenters. The summed E-state index contributed by atoms with van der Waals surface area (Å²) >= 11 is 1.37. The van der Waals surface area contributed by atoms with Crippen LogP contribution in [0.1, 0.15) is 18.9 Å². The number of aromatic nitrogens is 1. The Morgan fingerprint density at radius 1 is 1.23 bits per heavy atom. The van der Waals surface area contributed by atoms with Gasteiger partial charge in [-0.3, -0.25) is 4.79 Å². The molecule has 6 nitrogen and oxygen atoms in total. The Kier molecular flexibility index (Phi) is 6.75. The minimum atomic E-state index is -3.60. The van der Waals surface area contributed by atoms with Crippen LogP contribution in [0.25, 0.3) is 10.2 Å². The van der Waals surface area contributed by atoms with Crippen molar-refractivity contribution in [3.8, 4) is 18.1 Å². The molecule has 1 amide bonds. The zero-order valence-electron chi connectivity index (χ0n) is 16.8. The summed E-state index contributed by atoms with van der Waals surface area (Å²) in [5.41, 5.74) is 2.09. The fourth-order valence-corrected chi connectivity index (χ4v) is 5.29. The number of aryl methyl sites for hydroxylation is 1. The van der Waals surface area contributed by atoms with Gasteiger partial charge < -0.3 is 9.30 Å². The van der Waals surface area contributed by atoms with Crippen LogP contribution in [0.2, 0.25) is 0 Å². The second-order valence-electron chi connectivity index (χ2n) is 6.58. The number of methoxy groups -OCH3 is 1. The van der Waals surface area contributed by atoms with Gasteiger partial charge >= 0.3 is 0 Å². The number of terminal acetylenes is 1. The molecule has 156 valence electrons. The molecular weight excluding hydrogens is 420 g/mol. The third-order valence-corrected chi connectivity index (χ3v) is 7.40. The number of hydrogen-bond donors (Lipinski definition) is 0. The van der Waals surface area contributed by atoms with E-state index in [4.69, 9.17) is 11.2 Å². The van der Waals surface area contributed by atoms with Crippen molar-refractivity contribution in [2.24, 2.45) is 4.99 Å². The van der Waals surface area contributed by atoms with Gasteiger partial charge in [-0.2, -0.15) is 4.99 Å². The third-order valence-electron chi connectivity index (χ3n) is 4.63. The van der Waals surface area contributed by atoms with E-state index in [2.05, 4.69) is 23.9 Å². The summed E-state index contributed by atoms with van der Waals surface area (Å²) in [4.78, 5) is 17.2. The highest BCUT2D eigenvalue weighted by molar-refractivity contribution is 7.91. The molecule has 0 bridgehead atoms. The van der Waals surface area contributed by atoms with Gasteiger partial charge in [0.15, 0.2) is 14.6 Å². The molecule has 0 N–H and O–H groups in total. The number of sulfone groups is 1. The molecule has 0 aliphatic rings. The van der Waals surface area contributed by atoms with Crippen LogP contribution in [-0.2, 0) is 27.6 Å². The summed E-state index contributed by atoms with van der Waals surface area (Å²) in [5, 5.41) is 0. The smallest absolute Gasteiger partial charge is 0.249 e. The molecular formula is C22H22N2O4S2. The number of thiazole rings is 1. The van der Waals surface area contributed by atoms with Crippen LogP contribution < -0.4 is 9.54 Å². The maximum atomic E-state index is 12.5. The predicted octanol–water partition coefficient (Wildman–Crippen LogP) is 3.20. The molecule has 0 saturated heterocycles. The van der Waals surface area contributed by atoms with Crippen LogP contribution in [0.5, 0.6) is 5.75 Å². The summed E-state index contributed by atoms with van der Waals surface area (Å²) in [6.07, 6.45) is 6.18. The van der Waals surface area contributed by atoms with Crippen molar-refractivity contribution in [2.75, 3.05) is 12.9 Å². The van der Waals surface area contributed by atoms with E-state index < -0.39 is 15.7 Å². The summed E-state index contributed by atoms with van der Waals surface area (Å²) in [6, 6.07) is 12.1. The minimum absolute atomic E-state index is 0.146. The van der Waals surface area contributed by atoms with Crippen molar-refractivity contribution >= 4 is 37.3 Å². The van der Waals surface area contributed by atoms with E-state index in [1.807, 2.05) is 12.1 Å². The number of hydrogen-bond acceptors (Lipinski definition) is 5. The monoisotopic (exact) mass is 442 g/mol. The molecule has 0 spiro atoms. The van der Waals surface area contributed by atoms with Crippen molar-refractivity contribution in [1.29, 1.82) is 0 Å². The maximum absolute atomic E-state index is 12.5. The van der Waals surface area contributed by atoms with Gasteiger partial charge in [-0.15, -0.1) is 6.42 Å². The van der Waals surface area contributed by atoms with E-state index in [0.29, 0.717) is 10.6 Å². The van der Waals surface area contributed by atoms with Gasteiger partial charge in [0.1, 0.15) is 5.75 Å². The average Bonchev–Trinajstić information content (AvgIpc) is 3.08. The molecule has 0 aliphatic heterocycles. The zero-order chi connectivity index (χ0) is 21.7. The molecule has 1 heterocycles. The lowest BCUT2D eigenvalue weighted by Gasteiger charge is -2.04. The number of nitrogens with zero attached hydrogens (tertiary/aromatic N) is 2.